The summed E-state index contributed by atoms with van der Waals surface area (Å²) in [4.78, 5) is 22.9. The smallest absolute Gasteiger partial charge is 0.308 e. The molecule has 0 bridgehead atoms. The third kappa shape index (κ3) is 5.73. The van der Waals surface area contributed by atoms with Crippen LogP contribution in [0.2, 0.25) is 0 Å². The van der Waals surface area contributed by atoms with Gasteiger partial charge in [-0.15, -0.1) is 0 Å². The number of nitrogens with one attached hydrogen (secondary N) is 1. The minimum Gasteiger partial charge on any atom is -0.494 e. The van der Waals surface area contributed by atoms with E-state index < -0.39 is 18.0 Å². The topological polar surface area (TPSA) is 84.9 Å². The number of benzene rings is 1. The SMILES string of the molecule is CCOc1ccc(CC(CNC(=O)C(C)OC)C(=O)O)cc1. The molecule has 22 heavy (non-hydrogen) atoms. The molecule has 6 heteroatoms. The maximum atomic E-state index is 11.6. The summed E-state index contributed by atoms with van der Waals surface area (Å²) in [6, 6.07) is 7.29. The molecule has 2 atom stereocenters. The fraction of sp³-hybridized carbons (Fsp3) is 0.500. The van der Waals surface area contributed by atoms with Crippen LogP contribution in [-0.4, -0.2) is 43.3 Å². The van der Waals surface area contributed by atoms with Crippen LogP contribution >= 0.6 is 0 Å². The van der Waals surface area contributed by atoms with E-state index in [0.717, 1.165) is 11.3 Å². The van der Waals surface area contributed by atoms with Crippen molar-refractivity contribution in [3.63, 3.8) is 0 Å². The summed E-state index contributed by atoms with van der Waals surface area (Å²) in [5, 5.41) is 11.9. The zero-order valence-corrected chi connectivity index (χ0v) is 13.2. The van der Waals surface area contributed by atoms with Gasteiger partial charge in [0, 0.05) is 13.7 Å². The van der Waals surface area contributed by atoms with E-state index in [9.17, 15) is 14.7 Å². The van der Waals surface area contributed by atoms with Crippen LogP contribution in [0, 0.1) is 5.92 Å². The molecule has 0 aliphatic rings. The summed E-state index contributed by atoms with van der Waals surface area (Å²) in [6.45, 7) is 4.16. The summed E-state index contributed by atoms with van der Waals surface area (Å²) in [7, 11) is 1.43. The molecule has 0 saturated heterocycles. The Morgan fingerprint density at radius 1 is 1.27 bits per heavy atom. The molecule has 1 aromatic carbocycles. The van der Waals surface area contributed by atoms with Crippen molar-refractivity contribution in [2.45, 2.75) is 26.4 Å². The third-order valence-corrected chi connectivity index (χ3v) is 3.31. The van der Waals surface area contributed by atoms with Crippen molar-refractivity contribution in [2.75, 3.05) is 20.3 Å². The first kappa shape index (κ1) is 18.0. The van der Waals surface area contributed by atoms with Crippen molar-refractivity contribution in [1.82, 2.24) is 5.32 Å². The van der Waals surface area contributed by atoms with E-state index in [1.54, 1.807) is 6.92 Å². The Labute approximate surface area is 130 Å². The maximum Gasteiger partial charge on any atom is 0.308 e. The normalized spacial score (nSPS) is 13.2. The second-order valence-electron chi connectivity index (χ2n) is 4.94. The second kappa shape index (κ2) is 9.04. The molecule has 122 valence electrons. The quantitative estimate of drug-likeness (QED) is 0.722. The van der Waals surface area contributed by atoms with Gasteiger partial charge < -0.3 is 19.9 Å². The van der Waals surface area contributed by atoms with Crippen molar-refractivity contribution in [2.24, 2.45) is 5.92 Å². The largest absolute Gasteiger partial charge is 0.494 e. The van der Waals surface area contributed by atoms with Crippen molar-refractivity contribution in [3.05, 3.63) is 29.8 Å². The van der Waals surface area contributed by atoms with Crippen LogP contribution in [-0.2, 0) is 20.7 Å². The summed E-state index contributed by atoms with van der Waals surface area (Å²) in [5.74, 6) is -1.20. The highest BCUT2D eigenvalue weighted by Gasteiger charge is 2.20. The van der Waals surface area contributed by atoms with Gasteiger partial charge in [0.1, 0.15) is 11.9 Å². The monoisotopic (exact) mass is 309 g/mol. The minimum absolute atomic E-state index is 0.0646. The molecule has 0 aliphatic carbocycles. The fourth-order valence-electron chi connectivity index (χ4n) is 1.89. The number of carbonyl (C=O) groups is 2. The first-order valence-electron chi connectivity index (χ1n) is 7.23. The molecule has 1 aromatic rings. The van der Waals surface area contributed by atoms with Gasteiger partial charge in [0.2, 0.25) is 5.91 Å². The Balaban J connectivity index is 2.60. The lowest BCUT2D eigenvalue weighted by Gasteiger charge is -2.16. The summed E-state index contributed by atoms with van der Waals surface area (Å²) in [6.07, 6.45) is -0.261. The molecule has 0 saturated carbocycles. The zero-order valence-electron chi connectivity index (χ0n) is 13.2. The third-order valence-electron chi connectivity index (χ3n) is 3.31. The van der Waals surface area contributed by atoms with Gasteiger partial charge in [-0.1, -0.05) is 12.1 Å². The number of aliphatic carboxylic acids is 1. The molecule has 0 fully saturated rings. The predicted octanol–water partition coefficient (Wildman–Crippen LogP) is 1.48. The first-order chi connectivity index (χ1) is 10.5. The van der Waals surface area contributed by atoms with Gasteiger partial charge in [0.25, 0.3) is 0 Å². The van der Waals surface area contributed by atoms with E-state index in [1.165, 1.54) is 7.11 Å². The van der Waals surface area contributed by atoms with Gasteiger partial charge >= 0.3 is 5.97 Å². The Kier molecular flexibility index (Phi) is 7.39. The molecule has 2 unspecified atom stereocenters. The number of amides is 1. The van der Waals surface area contributed by atoms with E-state index in [-0.39, 0.29) is 12.5 Å². The van der Waals surface area contributed by atoms with Crippen LogP contribution in [0.15, 0.2) is 24.3 Å². The van der Waals surface area contributed by atoms with Gasteiger partial charge in [-0.3, -0.25) is 9.59 Å². The zero-order chi connectivity index (χ0) is 16.5. The molecule has 1 amide bonds. The molecule has 6 nitrogen and oxygen atoms in total. The number of carboxylic acids is 1. The Morgan fingerprint density at radius 3 is 2.41 bits per heavy atom. The average Bonchev–Trinajstić information content (AvgIpc) is 2.51. The number of hydrogen-bond donors (Lipinski definition) is 2. The molecule has 0 aliphatic heterocycles. The van der Waals surface area contributed by atoms with Gasteiger partial charge in [-0.2, -0.15) is 0 Å². The van der Waals surface area contributed by atoms with E-state index >= 15 is 0 Å². The van der Waals surface area contributed by atoms with E-state index in [1.807, 2.05) is 31.2 Å². The van der Waals surface area contributed by atoms with E-state index in [0.29, 0.717) is 13.0 Å². The number of carbonyl (C=O) groups excluding carboxylic acids is 1. The molecule has 2 N–H and O–H groups in total. The molecular formula is C16H23NO5. The molecule has 0 radical (unpaired) electrons. The Hall–Kier alpha value is -2.08. The number of ether oxygens (including phenoxy) is 2. The lowest BCUT2D eigenvalue weighted by molar-refractivity contribution is -0.141. The lowest BCUT2D eigenvalue weighted by atomic mass is 9.99. The number of rotatable bonds is 9. The van der Waals surface area contributed by atoms with Crippen molar-refractivity contribution < 1.29 is 24.2 Å². The van der Waals surface area contributed by atoms with Crippen LogP contribution in [0.5, 0.6) is 5.75 Å². The van der Waals surface area contributed by atoms with Gasteiger partial charge in [-0.05, 0) is 38.0 Å². The highest BCUT2D eigenvalue weighted by atomic mass is 16.5. The summed E-state index contributed by atoms with van der Waals surface area (Å²) >= 11 is 0. The maximum absolute atomic E-state index is 11.6. The lowest BCUT2D eigenvalue weighted by Crippen LogP contribution is -2.39. The molecule has 0 aromatic heterocycles. The fourth-order valence-corrected chi connectivity index (χ4v) is 1.89. The van der Waals surface area contributed by atoms with Gasteiger partial charge in [0.05, 0.1) is 12.5 Å². The minimum atomic E-state index is -0.945. The highest BCUT2D eigenvalue weighted by Crippen LogP contribution is 2.15. The standard InChI is InChI=1S/C16H23NO5/c1-4-22-14-7-5-12(6-8-14)9-13(16(19)20)10-17-15(18)11(2)21-3/h5-8,11,13H,4,9-10H2,1-3H3,(H,17,18)(H,19,20). The number of carboxylic acid groups (broad SMARTS) is 1. The summed E-state index contributed by atoms with van der Waals surface area (Å²) < 4.78 is 10.2. The van der Waals surface area contributed by atoms with Gasteiger partial charge in [0.15, 0.2) is 0 Å². The van der Waals surface area contributed by atoms with Crippen LogP contribution in [0.3, 0.4) is 0 Å². The molecule has 0 spiro atoms. The number of hydrogen-bond acceptors (Lipinski definition) is 4. The number of methoxy groups -OCH3 is 1. The molecular weight excluding hydrogens is 286 g/mol. The highest BCUT2D eigenvalue weighted by molar-refractivity contribution is 5.81. The van der Waals surface area contributed by atoms with Crippen LogP contribution in [0.4, 0.5) is 0 Å². The van der Waals surface area contributed by atoms with Crippen LogP contribution in [0.25, 0.3) is 0 Å². The Bertz CT molecular complexity index is 486. The van der Waals surface area contributed by atoms with Crippen molar-refractivity contribution in [3.8, 4) is 5.75 Å². The molecule has 0 heterocycles. The Morgan fingerprint density at radius 2 is 1.91 bits per heavy atom. The van der Waals surface area contributed by atoms with E-state index in [2.05, 4.69) is 5.32 Å². The second-order valence-corrected chi connectivity index (χ2v) is 4.94. The first-order valence-corrected chi connectivity index (χ1v) is 7.23. The van der Waals surface area contributed by atoms with Crippen LogP contribution < -0.4 is 10.1 Å². The predicted molar refractivity (Wildman–Crippen MR) is 81.9 cm³/mol. The summed E-state index contributed by atoms with van der Waals surface area (Å²) in [5.41, 5.74) is 0.880. The van der Waals surface area contributed by atoms with E-state index in [4.69, 9.17) is 9.47 Å². The van der Waals surface area contributed by atoms with Crippen LogP contribution in [0.1, 0.15) is 19.4 Å². The average molecular weight is 309 g/mol. The molecule has 1 rings (SSSR count). The van der Waals surface area contributed by atoms with Crippen molar-refractivity contribution in [1.29, 1.82) is 0 Å². The van der Waals surface area contributed by atoms with Gasteiger partial charge in [-0.25, -0.2) is 0 Å². The van der Waals surface area contributed by atoms with Crippen molar-refractivity contribution >= 4 is 11.9 Å².